The minimum atomic E-state index is -1.00. The van der Waals surface area contributed by atoms with E-state index in [9.17, 15) is 9.50 Å². The molecular weight excluding hydrogens is 359 g/mol. The van der Waals surface area contributed by atoms with E-state index in [1.54, 1.807) is 6.20 Å². The van der Waals surface area contributed by atoms with Crippen LogP contribution in [0.4, 0.5) is 10.2 Å². The summed E-state index contributed by atoms with van der Waals surface area (Å²) in [4.78, 5) is 11.1. The van der Waals surface area contributed by atoms with E-state index in [0.29, 0.717) is 11.4 Å². The van der Waals surface area contributed by atoms with Crippen molar-refractivity contribution >= 4 is 16.9 Å². The van der Waals surface area contributed by atoms with Gasteiger partial charge in [0.1, 0.15) is 18.0 Å². The minimum Gasteiger partial charge on any atom is -0.369 e. The summed E-state index contributed by atoms with van der Waals surface area (Å²) in [5.41, 5.74) is 1.29. The predicted molar refractivity (Wildman–Crippen MR) is 105 cm³/mol. The fraction of sp³-hybridized carbons (Fsp3) is 0.450. The highest BCUT2D eigenvalue weighted by atomic mass is 19.1. The number of nitrogens with one attached hydrogen (secondary N) is 1. The van der Waals surface area contributed by atoms with Crippen molar-refractivity contribution in [2.75, 3.05) is 25.0 Å². The molecule has 8 heteroatoms. The lowest BCUT2D eigenvalue weighted by molar-refractivity contribution is 0.208. The van der Waals surface area contributed by atoms with Gasteiger partial charge in [-0.05, 0) is 38.1 Å². The van der Waals surface area contributed by atoms with Crippen molar-refractivity contribution in [3.63, 3.8) is 0 Å². The van der Waals surface area contributed by atoms with Gasteiger partial charge < -0.3 is 15.3 Å². The number of aliphatic hydroxyl groups is 1. The van der Waals surface area contributed by atoms with Crippen LogP contribution in [0.5, 0.6) is 0 Å². The molecule has 0 bridgehead atoms. The molecule has 1 fully saturated rings. The molecule has 1 aromatic carbocycles. The maximum Gasteiger partial charge on any atom is 0.163 e. The van der Waals surface area contributed by atoms with Crippen molar-refractivity contribution in [1.29, 1.82) is 0 Å². The summed E-state index contributed by atoms with van der Waals surface area (Å²) in [6.45, 7) is 4.00. The molecular formula is C20H25FN6O. The topological polar surface area (TPSA) is 79.1 Å². The van der Waals surface area contributed by atoms with Gasteiger partial charge in [0.15, 0.2) is 11.9 Å². The van der Waals surface area contributed by atoms with E-state index < -0.39 is 6.23 Å². The minimum absolute atomic E-state index is 0.342. The zero-order chi connectivity index (χ0) is 19.3. The normalized spacial score (nSPS) is 16.8. The highest BCUT2D eigenvalue weighted by molar-refractivity contribution is 5.86. The fourth-order valence-corrected chi connectivity index (χ4v) is 3.63. The van der Waals surface area contributed by atoms with Gasteiger partial charge in [-0.15, -0.1) is 0 Å². The van der Waals surface area contributed by atoms with Crippen molar-refractivity contribution in [1.82, 2.24) is 24.6 Å². The third kappa shape index (κ3) is 4.28. The van der Waals surface area contributed by atoms with Gasteiger partial charge in [0.05, 0.1) is 18.1 Å². The van der Waals surface area contributed by atoms with Crippen LogP contribution in [-0.4, -0.2) is 49.4 Å². The summed E-state index contributed by atoms with van der Waals surface area (Å²) in [6.07, 6.45) is 7.34. The molecule has 0 radical (unpaired) electrons. The number of likely N-dealkylation sites (tertiary alicyclic amines) is 1. The Balaban J connectivity index is 1.47. The van der Waals surface area contributed by atoms with E-state index in [1.807, 2.05) is 4.68 Å². The highest BCUT2D eigenvalue weighted by Crippen LogP contribution is 2.23. The molecule has 2 N–H and O–H groups in total. The van der Waals surface area contributed by atoms with Crippen molar-refractivity contribution in [3.05, 3.63) is 48.2 Å². The molecule has 0 spiro atoms. The van der Waals surface area contributed by atoms with Gasteiger partial charge in [-0.3, -0.25) is 0 Å². The fourth-order valence-electron chi connectivity index (χ4n) is 3.63. The van der Waals surface area contributed by atoms with Gasteiger partial charge in [-0.25, -0.2) is 19.0 Å². The Hall–Kier alpha value is -2.58. The van der Waals surface area contributed by atoms with Gasteiger partial charge in [0.2, 0.25) is 0 Å². The Morgan fingerprint density at radius 3 is 2.54 bits per heavy atom. The Kier molecular flexibility index (Phi) is 5.78. The highest BCUT2D eigenvalue weighted by Gasteiger charge is 2.15. The van der Waals surface area contributed by atoms with Crippen LogP contribution in [0.15, 0.2) is 36.8 Å². The second kappa shape index (κ2) is 8.62. The standard InChI is InChI=1S/C20H25FN6O/c21-16-7-5-15(6-8-16)20(28)25-18-17-13-24-27(19(17)23-14-22-18)12-11-26-9-3-1-2-4-10-26/h5-8,13-14,20,28H,1-4,9-12H2,(H,22,23,25). The Morgan fingerprint density at radius 2 is 1.79 bits per heavy atom. The molecule has 1 aliphatic rings. The van der Waals surface area contributed by atoms with Gasteiger partial charge >= 0.3 is 0 Å². The first-order chi connectivity index (χ1) is 13.7. The van der Waals surface area contributed by atoms with Gasteiger partial charge in [0.25, 0.3) is 0 Å². The SMILES string of the molecule is OC(Nc1ncnc2c1cnn2CCN1CCCCCC1)c1ccc(F)cc1. The maximum atomic E-state index is 13.1. The average molecular weight is 384 g/mol. The number of aliphatic hydroxyl groups excluding tert-OH is 1. The number of hydrogen-bond acceptors (Lipinski definition) is 6. The molecule has 148 valence electrons. The summed E-state index contributed by atoms with van der Waals surface area (Å²) in [5, 5.41) is 18.6. The van der Waals surface area contributed by atoms with Crippen molar-refractivity contribution in [2.24, 2.45) is 0 Å². The van der Waals surface area contributed by atoms with E-state index in [-0.39, 0.29) is 5.82 Å². The molecule has 0 amide bonds. The number of halogens is 1. The first-order valence-electron chi connectivity index (χ1n) is 9.79. The molecule has 1 aliphatic heterocycles. The lowest BCUT2D eigenvalue weighted by Crippen LogP contribution is -2.28. The molecule has 1 saturated heterocycles. The van der Waals surface area contributed by atoms with E-state index in [0.717, 1.165) is 37.2 Å². The first-order valence-corrected chi connectivity index (χ1v) is 9.79. The van der Waals surface area contributed by atoms with Crippen LogP contribution < -0.4 is 5.32 Å². The molecule has 3 aromatic rings. The van der Waals surface area contributed by atoms with Crippen LogP contribution >= 0.6 is 0 Å². The molecule has 2 aromatic heterocycles. The molecule has 0 aliphatic carbocycles. The van der Waals surface area contributed by atoms with E-state index in [2.05, 4.69) is 25.3 Å². The second-order valence-electron chi connectivity index (χ2n) is 7.18. The Morgan fingerprint density at radius 1 is 1.04 bits per heavy atom. The summed E-state index contributed by atoms with van der Waals surface area (Å²) >= 11 is 0. The van der Waals surface area contributed by atoms with E-state index in [4.69, 9.17) is 0 Å². The van der Waals surface area contributed by atoms with Gasteiger partial charge in [-0.1, -0.05) is 25.0 Å². The molecule has 0 saturated carbocycles. The van der Waals surface area contributed by atoms with E-state index >= 15 is 0 Å². The number of benzene rings is 1. The predicted octanol–water partition coefficient (Wildman–Crippen LogP) is 2.94. The van der Waals surface area contributed by atoms with Crippen LogP contribution in [0.3, 0.4) is 0 Å². The average Bonchev–Trinajstić information content (AvgIpc) is 2.94. The summed E-state index contributed by atoms with van der Waals surface area (Å²) in [5.74, 6) is 0.161. The largest absolute Gasteiger partial charge is 0.369 e. The number of hydrogen-bond donors (Lipinski definition) is 2. The van der Waals surface area contributed by atoms with Crippen molar-refractivity contribution in [2.45, 2.75) is 38.5 Å². The smallest absolute Gasteiger partial charge is 0.163 e. The summed E-state index contributed by atoms with van der Waals surface area (Å²) in [7, 11) is 0. The number of fused-ring (bicyclic) bond motifs is 1. The van der Waals surface area contributed by atoms with Crippen LogP contribution in [-0.2, 0) is 6.54 Å². The van der Waals surface area contributed by atoms with Crippen molar-refractivity contribution < 1.29 is 9.50 Å². The number of aromatic nitrogens is 4. The van der Waals surface area contributed by atoms with Crippen LogP contribution in [0.25, 0.3) is 11.0 Å². The monoisotopic (exact) mass is 384 g/mol. The molecule has 7 nitrogen and oxygen atoms in total. The van der Waals surface area contributed by atoms with Crippen molar-refractivity contribution in [3.8, 4) is 0 Å². The van der Waals surface area contributed by atoms with E-state index in [1.165, 1.54) is 56.3 Å². The van der Waals surface area contributed by atoms with Gasteiger partial charge in [-0.2, -0.15) is 5.10 Å². The Labute approximate surface area is 163 Å². The lowest BCUT2D eigenvalue weighted by Gasteiger charge is -2.19. The molecule has 28 heavy (non-hydrogen) atoms. The molecule has 4 rings (SSSR count). The quantitative estimate of drug-likeness (QED) is 0.636. The molecule has 1 atom stereocenters. The number of nitrogens with zero attached hydrogens (tertiary/aromatic N) is 5. The summed E-state index contributed by atoms with van der Waals surface area (Å²) < 4.78 is 15.0. The zero-order valence-corrected chi connectivity index (χ0v) is 15.8. The molecule has 3 heterocycles. The first kappa shape index (κ1) is 18.8. The van der Waals surface area contributed by atoms with Crippen LogP contribution in [0.2, 0.25) is 0 Å². The van der Waals surface area contributed by atoms with Gasteiger partial charge in [0, 0.05) is 12.1 Å². The van der Waals surface area contributed by atoms with Crippen LogP contribution in [0.1, 0.15) is 37.5 Å². The third-order valence-corrected chi connectivity index (χ3v) is 5.22. The zero-order valence-electron chi connectivity index (χ0n) is 15.8. The molecule has 1 unspecified atom stereocenters. The number of anilines is 1. The lowest BCUT2D eigenvalue weighted by atomic mass is 10.2. The van der Waals surface area contributed by atoms with Crippen LogP contribution in [0, 0.1) is 5.82 Å². The Bertz CT molecular complexity index is 905. The second-order valence-corrected chi connectivity index (χ2v) is 7.18. The number of rotatable bonds is 6. The summed E-state index contributed by atoms with van der Waals surface area (Å²) in [6, 6.07) is 5.71. The maximum absolute atomic E-state index is 13.1. The third-order valence-electron chi connectivity index (χ3n) is 5.22.